The zero-order valence-electron chi connectivity index (χ0n) is 11.8. The highest BCUT2D eigenvalue weighted by Crippen LogP contribution is 2.26. The smallest absolute Gasteiger partial charge is 0.254 e. The molecule has 1 heterocycles. The predicted octanol–water partition coefficient (Wildman–Crippen LogP) is 3.46. The number of hydrogen-bond donors (Lipinski definition) is 1. The van der Waals surface area contributed by atoms with Crippen LogP contribution in [0.15, 0.2) is 52.9 Å². The number of carbonyl (C=O) groups is 1. The van der Waals surface area contributed by atoms with Crippen LogP contribution in [0.25, 0.3) is 11.5 Å². The normalized spacial score (nSPS) is 10.5. The van der Waals surface area contributed by atoms with Crippen molar-refractivity contribution < 1.29 is 13.6 Å². The number of benzene rings is 2. The van der Waals surface area contributed by atoms with Gasteiger partial charge in [0.05, 0.1) is 22.7 Å². The molecule has 1 amide bonds. The Bertz CT molecular complexity index is 851. The first-order valence-electron chi connectivity index (χ1n) is 6.75. The number of carbonyl (C=O) groups excluding carboxylic acids is 1. The Labute approximate surface area is 136 Å². The highest BCUT2D eigenvalue weighted by molar-refractivity contribution is 6.33. The van der Waals surface area contributed by atoms with Crippen LogP contribution in [0.2, 0.25) is 5.02 Å². The van der Waals surface area contributed by atoms with Crippen LogP contribution in [-0.4, -0.2) is 16.1 Å². The van der Waals surface area contributed by atoms with Crippen molar-refractivity contribution in [3.05, 3.63) is 70.8 Å². The molecule has 0 atom stereocenters. The quantitative estimate of drug-likeness (QED) is 0.795. The summed E-state index contributed by atoms with van der Waals surface area (Å²) in [4.78, 5) is 11.9. The first kappa shape index (κ1) is 15.2. The number of rotatable bonds is 4. The Morgan fingerprint density at radius 2 is 1.87 bits per heavy atom. The van der Waals surface area contributed by atoms with E-state index < -0.39 is 11.7 Å². The zero-order chi connectivity index (χ0) is 16.2. The molecule has 0 saturated heterocycles. The Hall–Kier alpha value is -2.73. The topological polar surface area (TPSA) is 68.0 Å². The van der Waals surface area contributed by atoms with Gasteiger partial charge < -0.3 is 9.73 Å². The highest BCUT2D eigenvalue weighted by Gasteiger charge is 2.14. The molecule has 0 spiro atoms. The van der Waals surface area contributed by atoms with Crippen LogP contribution in [0.5, 0.6) is 0 Å². The van der Waals surface area contributed by atoms with E-state index in [1.54, 1.807) is 30.3 Å². The number of aromatic nitrogens is 2. The van der Waals surface area contributed by atoms with Gasteiger partial charge in [0, 0.05) is 0 Å². The van der Waals surface area contributed by atoms with E-state index in [0.29, 0.717) is 10.6 Å². The fourth-order valence-corrected chi connectivity index (χ4v) is 2.18. The minimum absolute atomic E-state index is 0.00931. The molecule has 0 saturated carbocycles. The molecule has 116 valence electrons. The Morgan fingerprint density at radius 3 is 2.65 bits per heavy atom. The summed E-state index contributed by atoms with van der Waals surface area (Å²) in [6, 6.07) is 12.8. The SMILES string of the molecule is O=C(NCc1nnc(-c2ccccc2Cl)o1)c1ccccc1F. The van der Waals surface area contributed by atoms with E-state index in [1.165, 1.54) is 18.2 Å². The van der Waals surface area contributed by atoms with Crippen molar-refractivity contribution in [1.82, 2.24) is 15.5 Å². The molecule has 0 fully saturated rings. The van der Waals surface area contributed by atoms with Gasteiger partial charge >= 0.3 is 0 Å². The predicted molar refractivity (Wildman–Crippen MR) is 82.3 cm³/mol. The molecule has 2 aromatic carbocycles. The van der Waals surface area contributed by atoms with Crippen LogP contribution in [-0.2, 0) is 6.54 Å². The van der Waals surface area contributed by atoms with Gasteiger partial charge in [-0.15, -0.1) is 10.2 Å². The van der Waals surface area contributed by atoms with E-state index in [4.69, 9.17) is 16.0 Å². The van der Waals surface area contributed by atoms with Gasteiger partial charge in [-0.05, 0) is 24.3 Å². The lowest BCUT2D eigenvalue weighted by Gasteiger charge is -2.03. The van der Waals surface area contributed by atoms with Crippen molar-refractivity contribution in [2.75, 3.05) is 0 Å². The summed E-state index contributed by atoms with van der Waals surface area (Å²) in [5.41, 5.74) is 0.562. The van der Waals surface area contributed by atoms with Gasteiger partial charge in [0.1, 0.15) is 5.82 Å². The molecular weight excluding hydrogens is 321 g/mol. The third-order valence-corrected chi connectivity index (χ3v) is 3.42. The molecule has 0 bridgehead atoms. The fourth-order valence-electron chi connectivity index (χ4n) is 1.97. The maximum Gasteiger partial charge on any atom is 0.254 e. The third kappa shape index (κ3) is 3.37. The average molecular weight is 332 g/mol. The van der Waals surface area contributed by atoms with Crippen LogP contribution < -0.4 is 5.32 Å². The molecule has 0 unspecified atom stereocenters. The highest BCUT2D eigenvalue weighted by atomic mass is 35.5. The molecule has 7 heteroatoms. The van der Waals surface area contributed by atoms with Gasteiger partial charge in [0.15, 0.2) is 0 Å². The second-order valence-corrected chi connectivity index (χ2v) is 5.05. The molecule has 0 radical (unpaired) electrons. The molecule has 3 aromatic rings. The number of amides is 1. The summed E-state index contributed by atoms with van der Waals surface area (Å²) in [5.74, 6) is -0.691. The van der Waals surface area contributed by atoms with Gasteiger partial charge in [0.2, 0.25) is 11.8 Å². The molecule has 5 nitrogen and oxygen atoms in total. The first-order valence-corrected chi connectivity index (χ1v) is 7.13. The summed E-state index contributed by atoms with van der Waals surface area (Å²) in [6.45, 7) is -0.00931. The first-order chi connectivity index (χ1) is 11.1. The summed E-state index contributed by atoms with van der Waals surface area (Å²) < 4.78 is 19.0. The van der Waals surface area contributed by atoms with Gasteiger partial charge in [-0.2, -0.15) is 0 Å². The lowest BCUT2D eigenvalue weighted by Crippen LogP contribution is -2.23. The number of hydrogen-bond acceptors (Lipinski definition) is 4. The van der Waals surface area contributed by atoms with Crippen LogP contribution in [0, 0.1) is 5.82 Å². The summed E-state index contributed by atoms with van der Waals surface area (Å²) >= 11 is 6.05. The Balaban J connectivity index is 1.70. The van der Waals surface area contributed by atoms with Crippen molar-refractivity contribution in [3.8, 4) is 11.5 Å². The molecular formula is C16H11ClFN3O2. The molecule has 0 aliphatic heterocycles. The molecule has 1 aromatic heterocycles. The summed E-state index contributed by atoms with van der Waals surface area (Å²) in [7, 11) is 0. The number of halogens is 2. The summed E-state index contributed by atoms with van der Waals surface area (Å²) in [6.07, 6.45) is 0. The molecule has 0 aliphatic rings. The van der Waals surface area contributed by atoms with Crippen molar-refractivity contribution >= 4 is 17.5 Å². The van der Waals surface area contributed by atoms with Gasteiger partial charge in [-0.3, -0.25) is 4.79 Å². The van der Waals surface area contributed by atoms with E-state index in [1.807, 2.05) is 0 Å². The number of nitrogens with one attached hydrogen (secondary N) is 1. The maximum absolute atomic E-state index is 13.5. The lowest BCUT2D eigenvalue weighted by atomic mass is 10.2. The summed E-state index contributed by atoms with van der Waals surface area (Å²) in [5, 5.41) is 10.7. The molecule has 23 heavy (non-hydrogen) atoms. The fraction of sp³-hybridized carbons (Fsp3) is 0.0625. The van der Waals surface area contributed by atoms with Crippen LogP contribution in [0.3, 0.4) is 0 Å². The van der Waals surface area contributed by atoms with Crippen LogP contribution in [0.4, 0.5) is 4.39 Å². The Kier molecular flexibility index (Phi) is 4.34. The van der Waals surface area contributed by atoms with E-state index >= 15 is 0 Å². The standard InChI is InChI=1S/C16H11ClFN3O2/c17-12-7-3-1-5-10(12)16-21-20-14(23-16)9-19-15(22)11-6-2-4-8-13(11)18/h1-8H,9H2,(H,19,22). The minimum Gasteiger partial charge on any atom is -0.419 e. The largest absolute Gasteiger partial charge is 0.419 e. The minimum atomic E-state index is -0.590. The lowest BCUT2D eigenvalue weighted by molar-refractivity contribution is 0.0943. The van der Waals surface area contributed by atoms with E-state index in [0.717, 1.165) is 0 Å². The number of nitrogens with zero attached hydrogens (tertiary/aromatic N) is 2. The average Bonchev–Trinajstić information content (AvgIpc) is 3.02. The van der Waals surface area contributed by atoms with Gasteiger partial charge in [-0.1, -0.05) is 35.9 Å². The van der Waals surface area contributed by atoms with Gasteiger partial charge in [-0.25, -0.2) is 4.39 Å². The van der Waals surface area contributed by atoms with Gasteiger partial charge in [0.25, 0.3) is 5.91 Å². The monoisotopic (exact) mass is 331 g/mol. The Morgan fingerprint density at radius 1 is 1.13 bits per heavy atom. The van der Waals surface area contributed by atoms with E-state index in [2.05, 4.69) is 15.5 Å². The maximum atomic E-state index is 13.5. The van der Waals surface area contributed by atoms with Crippen LogP contribution >= 0.6 is 11.6 Å². The van der Waals surface area contributed by atoms with Crippen LogP contribution in [0.1, 0.15) is 16.2 Å². The van der Waals surface area contributed by atoms with E-state index in [9.17, 15) is 9.18 Å². The van der Waals surface area contributed by atoms with Crippen molar-refractivity contribution in [1.29, 1.82) is 0 Å². The molecule has 1 N–H and O–H groups in total. The zero-order valence-corrected chi connectivity index (χ0v) is 12.5. The van der Waals surface area contributed by atoms with Crippen molar-refractivity contribution in [2.45, 2.75) is 6.54 Å². The third-order valence-electron chi connectivity index (χ3n) is 3.09. The second-order valence-electron chi connectivity index (χ2n) is 4.64. The second kappa shape index (κ2) is 6.58. The van der Waals surface area contributed by atoms with E-state index in [-0.39, 0.29) is 23.9 Å². The van der Waals surface area contributed by atoms with Crippen molar-refractivity contribution in [3.63, 3.8) is 0 Å². The molecule has 3 rings (SSSR count). The van der Waals surface area contributed by atoms with Crippen molar-refractivity contribution in [2.24, 2.45) is 0 Å². The molecule has 0 aliphatic carbocycles.